The Hall–Kier alpha value is -9.42. The van der Waals surface area contributed by atoms with E-state index >= 15 is 0 Å². The van der Waals surface area contributed by atoms with Crippen molar-refractivity contribution in [1.82, 2.24) is 4.57 Å². The van der Waals surface area contributed by atoms with E-state index in [1.165, 1.54) is 33.2 Å². The summed E-state index contributed by atoms with van der Waals surface area (Å²) < 4.78 is 2.33. The molecule has 338 valence electrons. The summed E-state index contributed by atoms with van der Waals surface area (Å²) in [6.45, 7) is 2.22. The number of nitrogens with zero attached hydrogens (tertiary/aromatic N) is 4. The maximum absolute atomic E-state index is 9.69. The Bertz CT molecular complexity index is 3730. The fourth-order valence-electron chi connectivity index (χ4n) is 10.0. The lowest BCUT2D eigenvalue weighted by Gasteiger charge is -2.26. The molecule has 1 N–H and O–H groups in total. The summed E-state index contributed by atoms with van der Waals surface area (Å²) in [5, 5.41) is 25.6. The summed E-state index contributed by atoms with van der Waals surface area (Å²) in [6, 6.07) is 89.6. The SMILES string of the molecule is CCc1ccccc1-c1cc(C(Nc2ccc(-c3ccc(N(c4ccc(C#N)cc4)c4ccc5c(c4)c4ccccc4n5-c4ccccc4)cc3)cc2)c2ccc(C#N)cc2)ccc1Cc1ccccc1. The Morgan fingerprint density at radius 3 is 1.72 bits per heavy atom. The lowest BCUT2D eigenvalue weighted by molar-refractivity contribution is 0.937. The van der Waals surface area contributed by atoms with Crippen LogP contribution < -0.4 is 10.2 Å². The molecule has 0 amide bonds. The molecule has 0 fully saturated rings. The van der Waals surface area contributed by atoms with Crippen molar-refractivity contribution in [2.45, 2.75) is 25.8 Å². The van der Waals surface area contributed by atoms with Gasteiger partial charge in [0, 0.05) is 39.2 Å². The lowest BCUT2D eigenvalue weighted by Crippen LogP contribution is -2.13. The van der Waals surface area contributed by atoms with Gasteiger partial charge in [0.05, 0.1) is 40.3 Å². The second kappa shape index (κ2) is 19.7. The van der Waals surface area contributed by atoms with Crippen LogP contribution in [0.4, 0.5) is 22.7 Å². The molecule has 11 aromatic rings. The minimum Gasteiger partial charge on any atom is -0.374 e. The number of fused-ring (bicyclic) bond motifs is 3. The first-order valence-corrected chi connectivity index (χ1v) is 24.2. The van der Waals surface area contributed by atoms with Crippen LogP contribution in [0.3, 0.4) is 0 Å². The Kier molecular flexibility index (Phi) is 12.2. The Morgan fingerprint density at radius 2 is 1.03 bits per heavy atom. The minimum absolute atomic E-state index is 0.187. The van der Waals surface area contributed by atoms with Gasteiger partial charge in [0.25, 0.3) is 0 Å². The molecule has 0 aliphatic heterocycles. The zero-order valence-electron chi connectivity index (χ0n) is 39.4. The van der Waals surface area contributed by atoms with Crippen LogP contribution in [0.15, 0.2) is 243 Å². The Balaban J connectivity index is 0.922. The summed E-state index contributed by atoms with van der Waals surface area (Å²) in [6.07, 6.45) is 1.77. The first kappa shape index (κ1) is 44.1. The average Bonchev–Trinajstić information content (AvgIpc) is 3.77. The van der Waals surface area contributed by atoms with Crippen LogP contribution in [0.1, 0.15) is 51.9 Å². The molecule has 0 saturated carbocycles. The highest BCUT2D eigenvalue weighted by Crippen LogP contribution is 2.41. The number of hydrogen-bond donors (Lipinski definition) is 1. The molecule has 0 aliphatic rings. The second-order valence-corrected chi connectivity index (χ2v) is 17.9. The van der Waals surface area contributed by atoms with Gasteiger partial charge in [-0.3, -0.25) is 0 Å². The highest BCUT2D eigenvalue weighted by Gasteiger charge is 2.21. The van der Waals surface area contributed by atoms with E-state index < -0.39 is 0 Å². The van der Waals surface area contributed by atoms with Gasteiger partial charge in [0.15, 0.2) is 0 Å². The van der Waals surface area contributed by atoms with Crippen LogP contribution >= 0.6 is 0 Å². The van der Waals surface area contributed by atoms with Crippen molar-refractivity contribution < 1.29 is 0 Å². The average molecular weight is 912 g/mol. The van der Waals surface area contributed by atoms with Crippen LogP contribution in [0.5, 0.6) is 0 Å². The molecule has 5 heteroatoms. The summed E-state index contributed by atoms with van der Waals surface area (Å²) >= 11 is 0. The number of para-hydroxylation sites is 2. The molecular formula is C66H49N5. The highest BCUT2D eigenvalue weighted by atomic mass is 15.1. The third-order valence-electron chi connectivity index (χ3n) is 13.6. The molecule has 5 nitrogen and oxygen atoms in total. The van der Waals surface area contributed by atoms with Gasteiger partial charge in [0.1, 0.15) is 0 Å². The van der Waals surface area contributed by atoms with Crippen molar-refractivity contribution in [1.29, 1.82) is 10.5 Å². The molecule has 71 heavy (non-hydrogen) atoms. The van der Waals surface area contributed by atoms with Crippen LogP contribution in [0, 0.1) is 22.7 Å². The van der Waals surface area contributed by atoms with Gasteiger partial charge in [-0.05, 0) is 166 Å². The molecule has 11 rings (SSSR count). The van der Waals surface area contributed by atoms with Gasteiger partial charge in [0.2, 0.25) is 0 Å². The maximum Gasteiger partial charge on any atom is 0.0991 e. The standard InChI is InChI=1S/C66H49N5/c1-2-49-15-9-10-18-60(49)62-42-54(28-27-53(62)41-46-13-5-3-6-14-46)66(52-25-21-47(44-67)22-26-52)69-55-33-29-50(30-34-55)51-31-37-58(38-32-51)70(57-35-23-48(45-68)24-36-57)59-39-40-65-63(43-59)61-19-11-12-20-64(61)71(65)56-16-7-4-8-17-56/h3-40,42-43,66,69H,2,41H2,1H3. The van der Waals surface area contributed by atoms with Gasteiger partial charge in [-0.25, -0.2) is 0 Å². The van der Waals surface area contributed by atoms with Crippen LogP contribution in [0.2, 0.25) is 0 Å². The number of nitriles is 2. The largest absolute Gasteiger partial charge is 0.374 e. The van der Waals surface area contributed by atoms with E-state index in [-0.39, 0.29) is 6.04 Å². The quantitative estimate of drug-likeness (QED) is 0.125. The van der Waals surface area contributed by atoms with Crippen LogP contribution in [0.25, 0.3) is 49.7 Å². The normalized spacial score (nSPS) is 11.5. The van der Waals surface area contributed by atoms with E-state index in [2.05, 4.69) is 240 Å². The summed E-state index contributed by atoms with van der Waals surface area (Å²) in [5.74, 6) is 0. The summed E-state index contributed by atoms with van der Waals surface area (Å²) in [5.41, 5.74) is 19.4. The van der Waals surface area contributed by atoms with E-state index in [1.807, 2.05) is 36.4 Å². The first-order valence-electron chi connectivity index (χ1n) is 24.2. The summed E-state index contributed by atoms with van der Waals surface area (Å²) in [7, 11) is 0. The van der Waals surface area contributed by atoms with Crippen molar-refractivity contribution in [2.75, 3.05) is 10.2 Å². The van der Waals surface area contributed by atoms with E-state index in [4.69, 9.17) is 0 Å². The van der Waals surface area contributed by atoms with Crippen molar-refractivity contribution >= 4 is 44.6 Å². The predicted molar refractivity (Wildman–Crippen MR) is 293 cm³/mol. The molecule has 10 aromatic carbocycles. The van der Waals surface area contributed by atoms with Crippen LogP contribution in [-0.2, 0) is 12.8 Å². The van der Waals surface area contributed by atoms with Gasteiger partial charge in [-0.2, -0.15) is 10.5 Å². The van der Waals surface area contributed by atoms with E-state index in [9.17, 15) is 10.5 Å². The number of rotatable bonds is 13. The minimum atomic E-state index is -0.187. The lowest BCUT2D eigenvalue weighted by atomic mass is 9.87. The van der Waals surface area contributed by atoms with Crippen molar-refractivity contribution in [3.63, 3.8) is 0 Å². The number of aryl methyl sites for hydroxylation is 1. The Labute approximate surface area is 415 Å². The molecule has 1 atom stereocenters. The molecule has 0 saturated heterocycles. The fourth-order valence-corrected chi connectivity index (χ4v) is 10.0. The van der Waals surface area contributed by atoms with Gasteiger partial charge in [-0.1, -0.05) is 146 Å². The molecule has 0 radical (unpaired) electrons. The highest BCUT2D eigenvalue weighted by molar-refractivity contribution is 6.10. The number of anilines is 4. The number of aromatic nitrogens is 1. The first-order chi connectivity index (χ1) is 35.0. The smallest absolute Gasteiger partial charge is 0.0991 e. The van der Waals surface area contributed by atoms with E-state index in [0.717, 1.165) is 80.0 Å². The monoisotopic (exact) mass is 911 g/mol. The molecule has 1 aromatic heterocycles. The fraction of sp³-hybridized carbons (Fsp3) is 0.0606. The van der Waals surface area contributed by atoms with Crippen molar-refractivity contribution in [3.8, 4) is 40.1 Å². The zero-order valence-corrected chi connectivity index (χ0v) is 39.4. The molecule has 0 aliphatic carbocycles. The topological polar surface area (TPSA) is 67.8 Å². The van der Waals surface area contributed by atoms with Gasteiger partial charge < -0.3 is 14.8 Å². The molecule has 0 bridgehead atoms. The molecule has 1 heterocycles. The third-order valence-corrected chi connectivity index (χ3v) is 13.6. The number of hydrogen-bond acceptors (Lipinski definition) is 4. The summed E-state index contributed by atoms with van der Waals surface area (Å²) in [4.78, 5) is 2.26. The number of nitrogens with one attached hydrogen (secondary N) is 1. The van der Waals surface area contributed by atoms with Crippen molar-refractivity contribution in [2.24, 2.45) is 0 Å². The van der Waals surface area contributed by atoms with Crippen LogP contribution in [-0.4, -0.2) is 4.57 Å². The maximum atomic E-state index is 9.69. The van der Waals surface area contributed by atoms with E-state index in [0.29, 0.717) is 11.1 Å². The predicted octanol–water partition coefficient (Wildman–Crippen LogP) is 16.7. The van der Waals surface area contributed by atoms with E-state index in [1.54, 1.807) is 0 Å². The molecule has 1 unspecified atom stereocenters. The zero-order chi connectivity index (χ0) is 48.1. The number of benzene rings is 10. The van der Waals surface area contributed by atoms with Crippen molar-refractivity contribution in [3.05, 3.63) is 282 Å². The third kappa shape index (κ3) is 8.93. The Morgan fingerprint density at radius 1 is 0.465 bits per heavy atom. The van der Waals surface area contributed by atoms with Gasteiger partial charge >= 0.3 is 0 Å². The molecule has 0 spiro atoms. The second-order valence-electron chi connectivity index (χ2n) is 17.9. The van der Waals surface area contributed by atoms with Gasteiger partial charge in [-0.15, -0.1) is 0 Å². The molecular weight excluding hydrogens is 863 g/mol.